The maximum Gasteiger partial charge on any atom is 0.351 e. The summed E-state index contributed by atoms with van der Waals surface area (Å²) in [6.45, 7) is 1.19. The number of rotatable bonds is 3. The van der Waals surface area contributed by atoms with Gasteiger partial charge in [0, 0.05) is 0 Å². The van der Waals surface area contributed by atoms with Crippen molar-refractivity contribution in [2.45, 2.75) is 6.92 Å². The molecular weight excluding hydrogens is 182 g/mol. The zero-order valence-corrected chi connectivity index (χ0v) is 6.59. The van der Waals surface area contributed by atoms with E-state index in [9.17, 15) is 14.9 Å². The molecule has 0 radical (unpaired) electrons. The Morgan fingerprint density at radius 3 is 2.62 bits per heavy atom. The topological polar surface area (TPSA) is 143 Å². The Morgan fingerprint density at radius 1 is 1.69 bits per heavy atom. The number of hydrogen-bond acceptors (Lipinski definition) is 4. The molecule has 0 aliphatic heterocycles. The summed E-state index contributed by atoms with van der Waals surface area (Å²) in [5.41, 5.74) is 6.52. The van der Waals surface area contributed by atoms with Crippen LogP contribution in [-0.2, 0) is 4.79 Å². The van der Waals surface area contributed by atoms with Crippen LogP contribution in [0.5, 0.6) is 0 Å². The highest BCUT2D eigenvalue weighted by Gasteiger charge is 2.02. The first-order chi connectivity index (χ1) is 5.93. The molecule has 0 aromatic rings. The van der Waals surface area contributed by atoms with E-state index >= 15 is 0 Å². The number of carboxylic acid groups (broad SMARTS) is 1. The number of carbonyl (C=O) groups is 1. The maximum atomic E-state index is 10.1. The number of carboxylic acids is 1. The number of guanidine groups is 1. The van der Waals surface area contributed by atoms with E-state index in [0.717, 1.165) is 0 Å². The molecule has 0 aliphatic rings. The van der Waals surface area contributed by atoms with Crippen LogP contribution < -0.4 is 11.2 Å². The van der Waals surface area contributed by atoms with E-state index in [-0.39, 0.29) is 5.71 Å². The average molecular weight is 189 g/mol. The summed E-state index contributed by atoms with van der Waals surface area (Å²) in [4.78, 5) is 19.9. The molecule has 0 heterocycles. The van der Waals surface area contributed by atoms with Gasteiger partial charge in [-0.1, -0.05) is 0 Å². The van der Waals surface area contributed by atoms with Gasteiger partial charge in [0.05, 0.1) is 0 Å². The third kappa shape index (κ3) is 5.12. The quantitative estimate of drug-likeness (QED) is 0.214. The fourth-order valence-corrected chi connectivity index (χ4v) is 0.299. The normalized spacial score (nSPS) is 12.4. The van der Waals surface area contributed by atoms with Crippen LogP contribution in [0.2, 0.25) is 0 Å². The second-order valence-electron chi connectivity index (χ2n) is 1.84. The number of nitrogens with one attached hydrogen (secondary N) is 1. The van der Waals surface area contributed by atoms with Crippen LogP contribution in [0.25, 0.3) is 0 Å². The van der Waals surface area contributed by atoms with Crippen molar-refractivity contribution in [2.24, 2.45) is 15.9 Å². The van der Waals surface area contributed by atoms with Gasteiger partial charge in [-0.25, -0.2) is 20.3 Å². The van der Waals surface area contributed by atoms with Gasteiger partial charge in [-0.05, 0) is 6.92 Å². The Hall–Kier alpha value is -2.19. The lowest BCUT2D eigenvalue weighted by Crippen LogP contribution is -2.30. The molecule has 0 aromatic heterocycles. The summed E-state index contributed by atoms with van der Waals surface area (Å²) < 4.78 is 0. The summed E-state index contributed by atoms with van der Waals surface area (Å²) in [6.07, 6.45) is 0. The number of hydrazone groups is 2. The lowest BCUT2D eigenvalue weighted by atomic mass is 10.4. The lowest BCUT2D eigenvalue weighted by molar-refractivity contribution is -0.485. The standard InChI is InChI=1S/C4H7N5O4/c1-2(3(10)11)6-7-4(5)8-9(12)13/h1H3,(H,10,11)(H3,5,7,8)/b6-2+. The number of nitrogens with two attached hydrogens (primary N) is 1. The van der Waals surface area contributed by atoms with Crippen LogP contribution in [-0.4, -0.2) is 27.8 Å². The second-order valence-corrected chi connectivity index (χ2v) is 1.84. The lowest BCUT2D eigenvalue weighted by Gasteiger charge is -1.94. The molecule has 0 fully saturated rings. The molecule has 0 rings (SSSR count). The molecule has 0 aliphatic carbocycles. The summed E-state index contributed by atoms with van der Waals surface area (Å²) in [7, 11) is 0. The maximum absolute atomic E-state index is 10.1. The third-order valence-electron chi connectivity index (χ3n) is 0.837. The van der Waals surface area contributed by atoms with Crippen molar-refractivity contribution >= 4 is 17.6 Å². The van der Waals surface area contributed by atoms with Crippen molar-refractivity contribution in [2.75, 3.05) is 0 Å². The second kappa shape index (κ2) is 4.64. The highest BCUT2D eigenvalue weighted by atomic mass is 16.7. The minimum Gasteiger partial charge on any atom is -0.477 e. The molecule has 9 nitrogen and oxygen atoms in total. The van der Waals surface area contributed by atoms with Crippen LogP contribution in [0.1, 0.15) is 6.92 Å². The smallest absolute Gasteiger partial charge is 0.351 e. The van der Waals surface area contributed by atoms with Crippen molar-refractivity contribution in [3.63, 3.8) is 0 Å². The predicted molar refractivity (Wildman–Crippen MR) is 42.5 cm³/mol. The van der Waals surface area contributed by atoms with Gasteiger partial charge in [-0.2, -0.15) is 5.10 Å². The van der Waals surface area contributed by atoms with E-state index in [1.54, 1.807) is 0 Å². The SMILES string of the molecule is C/C(=N\N/C(N)=N\[N+](=O)[O-])C(=O)O. The van der Waals surface area contributed by atoms with E-state index in [1.807, 2.05) is 5.43 Å². The molecule has 0 saturated carbocycles. The van der Waals surface area contributed by atoms with Crippen molar-refractivity contribution < 1.29 is 14.9 Å². The summed E-state index contributed by atoms with van der Waals surface area (Å²) in [5.74, 6) is -1.85. The Labute approximate surface area is 72.1 Å². The zero-order valence-electron chi connectivity index (χ0n) is 6.59. The molecule has 0 unspecified atom stereocenters. The number of aliphatic carboxylic acids is 1. The number of nitro groups is 1. The Kier molecular flexibility index (Phi) is 3.86. The Bertz CT molecular complexity index is 282. The Balaban J connectivity index is 4.24. The summed E-state index contributed by atoms with van der Waals surface area (Å²) in [6, 6.07) is 0. The van der Waals surface area contributed by atoms with Crippen molar-refractivity contribution in [3.8, 4) is 0 Å². The summed E-state index contributed by atoms with van der Waals surface area (Å²) in [5, 5.41) is 22.8. The molecule has 72 valence electrons. The minimum atomic E-state index is -1.26. The average Bonchev–Trinajstić information content (AvgIpc) is 1.98. The molecule has 13 heavy (non-hydrogen) atoms. The molecule has 9 heteroatoms. The molecule has 0 atom stereocenters. The van der Waals surface area contributed by atoms with Gasteiger partial charge in [0.25, 0.3) is 5.96 Å². The molecule has 0 aromatic carbocycles. The molecule has 0 spiro atoms. The largest absolute Gasteiger partial charge is 0.477 e. The van der Waals surface area contributed by atoms with E-state index in [0.29, 0.717) is 0 Å². The molecule has 0 saturated heterocycles. The van der Waals surface area contributed by atoms with Crippen LogP contribution in [0.15, 0.2) is 10.2 Å². The van der Waals surface area contributed by atoms with Gasteiger partial charge in [-0.3, -0.25) is 0 Å². The highest BCUT2D eigenvalue weighted by Crippen LogP contribution is 1.75. The fourth-order valence-electron chi connectivity index (χ4n) is 0.299. The van der Waals surface area contributed by atoms with Crippen LogP contribution in [0.3, 0.4) is 0 Å². The first-order valence-electron chi connectivity index (χ1n) is 2.95. The Morgan fingerprint density at radius 2 is 2.23 bits per heavy atom. The molecule has 0 bridgehead atoms. The fraction of sp³-hybridized carbons (Fsp3) is 0.250. The number of nitrogens with zero attached hydrogens (tertiary/aromatic N) is 3. The number of hydrogen-bond donors (Lipinski definition) is 3. The third-order valence-corrected chi connectivity index (χ3v) is 0.837. The first-order valence-corrected chi connectivity index (χ1v) is 2.95. The van der Waals surface area contributed by atoms with Crippen LogP contribution >= 0.6 is 0 Å². The summed E-state index contributed by atoms with van der Waals surface area (Å²) >= 11 is 0. The van der Waals surface area contributed by atoms with E-state index in [2.05, 4.69) is 10.2 Å². The van der Waals surface area contributed by atoms with Gasteiger partial charge in [-0.15, -0.1) is 0 Å². The van der Waals surface area contributed by atoms with E-state index in [4.69, 9.17) is 10.8 Å². The van der Waals surface area contributed by atoms with E-state index < -0.39 is 17.0 Å². The first kappa shape index (κ1) is 10.8. The zero-order chi connectivity index (χ0) is 10.4. The van der Waals surface area contributed by atoms with Gasteiger partial charge in [0.2, 0.25) is 0 Å². The monoisotopic (exact) mass is 189 g/mol. The van der Waals surface area contributed by atoms with Gasteiger partial charge >= 0.3 is 5.97 Å². The van der Waals surface area contributed by atoms with Crippen LogP contribution in [0.4, 0.5) is 0 Å². The highest BCUT2D eigenvalue weighted by molar-refractivity contribution is 6.34. The van der Waals surface area contributed by atoms with Gasteiger partial charge in [0.15, 0.2) is 5.03 Å². The van der Waals surface area contributed by atoms with Gasteiger partial charge in [0.1, 0.15) is 10.8 Å². The van der Waals surface area contributed by atoms with E-state index in [1.165, 1.54) is 6.92 Å². The van der Waals surface area contributed by atoms with Crippen LogP contribution in [0, 0.1) is 10.1 Å². The van der Waals surface area contributed by atoms with Crippen molar-refractivity contribution in [3.05, 3.63) is 10.1 Å². The van der Waals surface area contributed by atoms with Crippen molar-refractivity contribution in [1.29, 1.82) is 0 Å². The predicted octanol–water partition coefficient (Wildman–Crippen LogP) is -1.46. The van der Waals surface area contributed by atoms with Gasteiger partial charge < -0.3 is 10.8 Å². The molecular formula is C4H7N5O4. The molecule has 4 N–H and O–H groups in total. The van der Waals surface area contributed by atoms with Crippen molar-refractivity contribution in [1.82, 2.24) is 5.43 Å². The minimum absolute atomic E-state index is 0.290. The molecule has 0 amide bonds.